The van der Waals surface area contributed by atoms with Gasteiger partial charge in [-0.2, -0.15) is 0 Å². The molecule has 52 valence electrons. The van der Waals surface area contributed by atoms with Gasteiger partial charge in [-0.3, -0.25) is 0 Å². The Morgan fingerprint density at radius 1 is 1.44 bits per heavy atom. The summed E-state index contributed by atoms with van der Waals surface area (Å²) in [7, 11) is 0. The highest BCUT2D eigenvalue weighted by Gasteiger charge is 2.38. The van der Waals surface area contributed by atoms with Crippen LogP contribution >= 0.6 is 0 Å². The molecule has 2 fully saturated rings. The lowest BCUT2D eigenvalue weighted by atomic mass is 10.0. The van der Waals surface area contributed by atoms with Crippen LogP contribution in [0.4, 0.5) is 0 Å². The van der Waals surface area contributed by atoms with Crippen LogP contribution in [0.3, 0.4) is 0 Å². The molecule has 3 heteroatoms. The molecule has 0 amide bonds. The molecule has 0 radical (unpaired) electrons. The van der Waals surface area contributed by atoms with Crippen LogP contribution in [0.1, 0.15) is 0 Å². The molecule has 0 bridgehead atoms. The first-order valence-electron chi connectivity index (χ1n) is 3.46. The van der Waals surface area contributed by atoms with Gasteiger partial charge in [-0.25, -0.2) is 0 Å². The zero-order chi connectivity index (χ0) is 6.27. The second kappa shape index (κ2) is 1.94. The summed E-state index contributed by atoms with van der Waals surface area (Å²) >= 11 is 0. The van der Waals surface area contributed by atoms with Crippen LogP contribution in [0.5, 0.6) is 0 Å². The summed E-state index contributed by atoms with van der Waals surface area (Å²) in [5.74, 6) is 0.588. The number of fused-ring (bicyclic) bond motifs is 1. The smallest absolute Gasteiger partial charge is 0.0756 e. The van der Waals surface area contributed by atoms with Crippen molar-refractivity contribution in [3.63, 3.8) is 0 Å². The minimum atomic E-state index is 0.282. The Balaban J connectivity index is 2.07. The molecule has 0 spiro atoms. The van der Waals surface area contributed by atoms with Crippen LogP contribution in [-0.2, 0) is 4.74 Å². The summed E-state index contributed by atoms with van der Waals surface area (Å²) in [6, 6.07) is 0.282. The van der Waals surface area contributed by atoms with Crippen LogP contribution in [0.2, 0.25) is 0 Å². The fraction of sp³-hybridized carbons (Fsp3) is 1.00. The number of hydrogen-bond acceptors (Lipinski definition) is 3. The number of ether oxygens (including phenoxy) is 1. The summed E-state index contributed by atoms with van der Waals surface area (Å²) in [4.78, 5) is 0. The summed E-state index contributed by atoms with van der Waals surface area (Å²) in [6.45, 7) is 2.81. The fourth-order valence-electron chi connectivity index (χ4n) is 1.64. The molecule has 9 heavy (non-hydrogen) atoms. The van der Waals surface area contributed by atoms with Crippen molar-refractivity contribution in [1.82, 2.24) is 5.32 Å². The van der Waals surface area contributed by atoms with Crippen molar-refractivity contribution >= 4 is 0 Å². The maximum Gasteiger partial charge on any atom is 0.0756 e. The first-order valence-corrected chi connectivity index (χ1v) is 3.46. The summed E-state index contributed by atoms with van der Waals surface area (Å²) in [6.07, 6.45) is 0.417. The summed E-state index contributed by atoms with van der Waals surface area (Å²) in [5, 5.41) is 3.25. The molecule has 3 nitrogen and oxygen atoms in total. The van der Waals surface area contributed by atoms with Gasteiger partial charge in [0, 0.05) is 25.0 Å². The van der Waals surface area contributed by atoms with Gasteiger partial charge in [-0.05, 0) is 0 Å². The molecule has 0 aromatic heterocycles. The lowest BCUT2D eigenvalue weighted by Crippen LogP contribution is -2.31. The molecular formula is C6H12N2O. The fourth-order valence-corrected chi connectivity index (χ4v) is 1.64. The van der Waals surface area contributed by atoms with Gasteiger partial charge in [0.05, 0.1) is 12.7 Å². The first-order chi connectivity index (χ1) is 4.38. The van der Waals surface area contributed by atoms with Gasteiger partial charge in [0.2, 0.25) is 0 Å². The van der Waals surface area contributed by atoms with Crippen LogP contribution in [0, 0.1) is 5.92 Å². The monoisotopic (exact) mass is 128 g/mol. The summed E-state index contributed by atoms with van der Waals surface area (Å²) < 4.78 is 5.40. The molecule has 3 atom stereocenters. The minimum absolute atomic E-state index is 0.282. The van der Waals surface area contributed by atoms with E-state index in [-0.39, 0.29) is 6.04 Å². The van der Waals surface area contributed by atoms with Crippen molar-refractivity contribution in [2.75, 3.05) is 19.7 Å². The predicted octanol–water partition coefficient (Wildman–Crippen LogP) is -1.07. The third kappa shape index (κ3) is 0.764. The Morgan fingerprint density at radius 3 is 3.11 bits per heavy atom. The maximum atomic E-state index is 5.75. The largest absolute Gasteiger partial charge is 0.375 e. The quantitative estimate of drug-likeness (QED) is 0.437. The molecule has 3 N–H and O–H groups in total. The van der Waals surface area contributed by atoms with Crippen LogP contribution in [0.25, 0.3) is 0 Å². The zero-order valence-corrected chi connectivity index (χ0v) is 5.34. The van der Waals surface area contributed by atoms with Crippen molar-refractivity contribution in [3.05, 3.63) is 0 Å². The van der Waals surface area contributed by atoms with Gasteiger partial charge in [0.15, 0.2) is 0 Å². The second-order valence-corrected chi connectivity index (χ2v) is 2.86. The lowest BCUT2D eigenvalue weighted by molar-refractivity contribution is 0.111. The molecule has 0 unspecified atom stereocenters. The molecule has 2 saturated heterocycles. The normalized spacial score (nSPS) is 49.7. The highest BCUT2D eigenvalue weighted by Crippen LogP contribution is 2.22. The number of nitrogens with one attached hydrogen (secondary N) is 1. The van der Waals surface area contributed by atoms with E-state index in [1.165, 1.54) is 0 Å². The molecular weight excluding hydrogens is 116 g/mol. The predicted molar refractivity (Wildman–Crippen MR) is 34.1 cm³/mol. The van der Waals surface area contributed by atoms with Gasteiger partial charge in [-0.1, -0.05) is 0 Å². The van der Waals surface area contributed by atoms with Gasteiger partial charge in [-0.15, -0.1) is 0 Å². The summed E-state index contributed by atoms with van der Waals surface area (Å²) in [5.41, 5.74) is 5.75. The van der Waals surface area contributed by atoms with Gasteiger partial charge >= 0.3 is 0 Å². The Bertz CT molecular complexity index is 118. The SMILES string of the molecule is N[C@@H]1CO[C@@H]2CNC[C@H]12. The van der Waals surface area contributed by atoms with Crippen LogP contribution < -0.4 is 11.1 Å². The molecule has 2 aliphatic heterocycles. The first kappa shape index (κ1) is 5.65. The van der Waals surface area contributed by atoms with E-state index in [4.69, 9.17) is 10.5 Å². The number of rotatable bonds is 0. The average molecular weight is 128 g/mol. The Morgan fingerprint density at radius 2 is 2.33 bits per heavy atom. The van der Waals surface area contributed by atoms with E-state index in [1.54, 1.807) is 0 Å². The maximum absolute atomic E-state index is 5.75. The molecule has 0 aliphatic carbocycles. The standard InChI is InChI=1S/C6H12N2O/c7-5-3-9-6-2-8-1-4(5)6/h4-6,8H,1-3,7H2/t4-,5-,6-/m1/s1. The molecule has 2 aliphatic rings. The van der Waals surface area contributed by atoms with Crippen molar-refractivity contribution < 1.29 is 4.74 Å². The topological polar surface area (TPSA) is 47.3 Å². The third-order valence-electron chi connectivity index (χ3n) is 2.26. The highest BCUT2D eigenvalue weighted by molar-refractivity contribution is 4.93. The van der Waals surface area contributed by atoms with Gasteiger partial charge in [0.1, 0.15) is 0 Å². The van der Waals surface area contributed by atoms with Crippen molar-refractivity contribution in [3.8, 4) is 0 Å². The van der Waals surface area contributed by atoms with Gasteiger partial charge in [0.25, 0.3) is 0 Å². The number of hydrogen-bond donors (Lipinski definition) is 2. The molecule has 0 aromatic carbocycles. The van der Waals surface area contributed by atoms with E-state index in [0.29, 0.717) is 12.0 Å². The van der Waals surface area contributed by atoms with E-state index in [0.717, 1.165) is 19.7 Å². The highest BCUT2D eigenvalue weighted by atomic mass is 16.5. The van der Waals surface area contributed by atoms with E-state index in [1.807, 2.05) is 0 Å². The van der Waals surface area contributed by atoms with Crippen molar-refractivity contribution in [2.24, 2.45) is 11.7 Å². The molecule has 0 aromatic rings. The van der Waals surface area contributed by atoms with E-state index < -0.39 is 0 Å². The Hall–Kier alpha value is -0.120. The minimum Gasteiger partial charge on any atom is -0.375 e. The Labute approximate surface area is 54.6 Å². The van der Waals surface area contributed by atoms with E-state index in [9.17, 15) is 0 Å². The second-order valence-electron chi connectivity index (χ2n) is 2.86. The lowest BCUT2D eigenvalue weighted by Gasteiger charge is -2.07. The zero-order valence-electron chi connectivity index (χ0n) is 5.34. The Kier molecular flexibility index (Phi) is 1.22. The van der Waals surface area contributed by atoms with Gasteiger partial charge < -0.3 is 15.8 Å². The van der Waals surface area contributed by atoms with E-state index >= 15 is 0 Å². The third-order valence-corrected chi connectivity index (χ3v) is 2.26. The van der Waals surface area contributed by atoms with Crippen LogP contribution in [0.15, 0.2) is 0 Å². The van der Waals surface area contributed by atoms with Crippen molar-refractivity contribution in [2.45, 2.75) is 12.1 Å². The number of nitrogens with two attached hydrogens (primary N) is 1. The average Bonchev–Trinajstić information content (AvgIpc) is 2.35. The molecule has 2 rings (SSSR count). The van der Waals surface area contributed by atoms with Crippen molar-refractivity contribution in [1.29, 1.82) is 0 Å². The van der Waals surface area contributed by atoms with E-state index in [2.05, 4.69) is 5.32 Å². The molecule has 2 heterocycles. The van der Waals surface area contributed by atoms with Crippen LogP contribution in [-0.4, -0.2) is 31.8 Å². The molecule has 0 saturated carbocycles.